The molecule has 2 aliphatic heterocycles. The maximum atomic E-state index is 11.1. The van der Waals surface area contributed by atoms with Crippen LogP contribution in [0.1, 0.15) is 33.1 Å². The molecule has 2 heterocycles. The molecule has 1 amide bonds. The highest BCUT2D eigenvalue weighted by Crippen LogP contribution is 2.38. The molecule has 8 heteroatoms. The van der Waals surface area contributed by atoms with Crippen LogP contribution in [0.5, 0.6) is 0 Å². The van der Waals surface area contributed by atoms with Gasteiger partial charge in [0.15, 0.2) is 0 Å². The highest BCUT2D eigenvalue weighted by molar-refractivity contribution is 5.89. The minimum absolute atomic E-state index is 0.0268. The molecule has 0 aliphatic carbocycles. The molecular weight excluding hydrogens is 316 g/mol. The van der Waals surface area contributed by atoms with E-state index in [2.05, 4.69) is 24.2 Å². The van der Waals surface area contributed by atoms with Crippen LogP contribution in [0, 0.1) is 0 Å². The highest BCUT2D eigenvalue weighted by atomic mass is 16.5. The Labute approximate surface area is 141 Å². The van der Waals surface area contributed by atoms with Gasteiger partial charge in [0.25, 0.3) is 0 Å². The summed E-state index contributed by atoms with van der Waals surface area (Å²) >= 11 is 0. The van der Waals surface area contributed by atoms with Gasteiger partial charge in [-0.3, -0.25) is 4.79 Å². The summed E-state index contributed by atoms with van der Waals surface area (Å²) in [7, 11) is 2.15. The number of carboxylic acid groups (broad SMARTS) is 2. The van der Waals surface area contributed by atoms with E-state index in [4.69, 9.17) is 14.9 Å². The van der Waals surface area contributed by atoms with Gasteiger partial charge in [-0.1, -0.05) is 0 Å². The van der Waals surface area contributed by atoms with E-state index < -0.39 is 11.9 Å². The predicted octanol–water partition coefficient (Wildman–Crippen LogP) is 0.476. The van der Waals surface area contributed by atoms with Crippen molar-refractivity contribution < 1.29 is 29.3 Å². The van der Waals surface area contributed by atoms with Crippen molar-refractivity contribution in [2.24, 2.45) is 0 Å². The average molecular weight is 342 g/mol. The number of aliphatic carboxylic acids is 2. The standard InChI is InChI=1S/C12H22N2O2.C4H4O4/c1-9-11(13-10(2)15)8-12(16-9)4-6-14(3)7-5-12;5-3(6)1-2-4(7)8/h9,11H,4-8H2,1-3H3,(H,13,15);1-2H,(H,5,6)(H,7,8). The lowest BCUT2D eigenvalue weighted by molar-refractivity contribution is -0.134. The van der Waals surface area contributed by atoms with Crippen LogP contribution in [-0.2, 0) is 19.1 Å². The summed E-state index contributed by atoms with van der Waals surface area (Å²) in [4.78, 5) is 32.5. The van der Waals surface area contributed by atoms with Gasteiger partial charge in [0, 0.05) is 32.2 Å². The Morgan fingerprint density at radius 2 is 1.67 bits per heavy atom. The molecule has 1 spiro atoms. The van der Waals surface area contributed by atoms with Gasteiger partial charge < -0.3 is 25.2 Å². The Kier molecular flexibility index (Phi) is 7.37. The molecule has 0 aromatic carbocycles. The van der Waals surface area contributed by atoms with E-state index in [0.717, 1.165) is 32.4 Å². The molecule has 2 saturated heterocycles. The molecule has 2 unspecified atom stereocenters. The number of rotatable bonds is 3. The summed E-state index contributed by atoms with van der Waals surface area (Å²) < 4.78 is 6.11. The number of hydrogen-bond acceptors (Lipinski definition) is 5. The molecule has 0 aromatic heterocycles. The molecule has 2 rings (SSSR count). The van der Waals surface area contributed by atoms with Gasteiger partial charge in [-0.2, -0.15) is 0 Å². The van der Waals surface area contributed by atoms with Crippen LogP contribution in [0.3, 0.4) is 0 Å². The van der Waals surface area contributed by atoms with Crippen LogP contribution in [-0.4, -0.2) is 70.8 Å². The SMILES string of the molecule is CC(=O)NC1CC2(CCN(C)CC2)OC1C.O=C(O)C=CC(=O)O. The topological polar surface area (TPSA) is 116 Å². The number of piperidine rings is 1. The van der Waals surface area contributed by atoms with Gasteiger partial charge in [0.2, 0.25) is 5.91 Å². The van der Waals surface area contributed by atoms with Crippen LogP contribution >= 0.6 is 0 Å². The van der Waals surface area contributed by atoms with E-state index in [1.807, 2.05) is 0 Å². The number of amides is 1. The van der Waals surface area contributed by atoms with Crippen molar-refractivity contribution >= 4 is 17.8 Å². The molecular formula is C16H26N2O6. The zero-order valence-electron chi connectivity index (χ0n) is 14.3. The van der Waals surface area contributed by atoms with Crippen molar-refractivity contribution in [3.63, 3.8) is 0 Å². The van der Waals surface area contributed by atoms with Crippen LogP contribution in [0.25, 0.3) is 0 Å². The van der Waals surface area contributed by atoms with Crippen molar-refractivity contribution in [1.29, 1.82) is 0 Å². The minimum Gasteiger partial charge on any atom is -0.478 e. The monoisotopic (exact) mass is 342 g/mol. The molecule has 0 radical (unpaired) electrons. The average Bonchev–Trinajstić information content (AvgIpc) is 2.76. The van der Waals surface area contributed by atoms with Crippen LogP contribution in [0.2, 0.25) is 0 Å². The Morgan fingerprint density at radius 3 is 2.08 bits per heavy atom. The first-order valence-corrected chi connectivity index (χ1v) is 7.91. The van der Waals surface area contributed by atoms with Crippen molar-refractivity contribution in [3.8, 4) is 0 Å². The van der Waals surface area contributed by atoms with E-state index in [1.54, 1.807) is 6.92 Å². The molecule has 2 aliphatic rings. The molecule has 24 heavy (non-hydrogen) atoms. The Balaban J connectivity index is 0.000000307. The van der Waals surface area contributed by atoms with Gasteiger partial charge >= 0.3 is 11.9 Å². The number of ether oxygens (including phenoxy) is 1. The summed E-state index contributed by atoms with van der Waals surface area (Å²) in [5.41, 5.74) is 0.0268. The van der Waals surface area contributed by atoms with Gasteiger partial charge in [-0.05, 0) is 33.2 Å². The zero-order valence-corrected chi connectivity index (χ0v) is 14.3. The summed E-state index contributed by atoms with van der Waals surface area (Å²) in [6, 6.07) is 0.195. The fraction of sp³-hybridized carbons (Fsp3) is 0.688. The van der Waals surface area contributed by atoms with Gasteiger partial charge in [0.05, 0.1) is 17.7 Å². The Bertz CT molecular complexity index is 481. The summed E-state index contributed by atoms with van der Waals surface area (Å²) in [5, 5.41) is 18.6. The fourth-order valence-electron chi connectivity index (χ4n) is 3.01. The quantitative estimate of drug-likeness (QED) is 0.639. The summed E-state index contributed by atoms with van der Waals surface area (Å²) in [5.74, 6) is -2.47. The molecule has 3 N–H and O–H groups in total. The van der Waals surface area contributed by atoms with Crippen molar-refractivity contribution in [3.05, 3.63) is 12.2 Å². The van der Waals surface area contributed by atoms with Crippen molar-refractivity contribution in [2.45, 2.75) is 50.9 Å². The van der Waals surface area contributed by atoms with E-state index in [9.17, 15) is 14.4 Å². The lowest BCUT2D eigenvalue weighted by Crippen LogP contribution is -2.43. The van der Waals surface area contributed by atoms with E-state index >= 15 is 0 Å². The minimum atomic E-state index is -1.26. The summed E-state index contributed by atoms with van der Waals surface area (Å²) in [6.07, 6.45) is 4.41. The third kappa shape index (κ3) is 6.67. The molecule has 2 fully saturated rings. The smallest absolute Gasteiger partial charge is 0.328 e. The van der Waals surface area contributed by atoms with Gasteiger partial charge in [0.1, 0.15) is 0 Å². The molecule has 0 bridgehead atoms. The number of carboxylic acids is 2. The van der Waals surface area contributed by atoms with Crippen molar-refractivity contribution in [2.75, 3.05) is 20.1 Å². The molecule has 2 atom stereocenters. The normalized spacial score (nSPS) is 26.0. The Morgan fingerprint density at radius 1 is 1.17 bits per heavy atom. The first-order valence-electron chi connectivity index (χ1n) is 7.91. The number of likely N-dealkylation sites (tertiary alicyclic amines) is 1. The highest BCUT2D eigenvalue weighted by Gasteiger charge is 2.45. The lowest BCUT2D eigenvalue weighted by atomic mass is 9.87. The fourth-order valence-corrected chi connectivity index (χ4v) is 3.01. The van der Waals surface area contributed by atoms with Gasteiger partial charge in [-0.15, -0.1) is 0 Å². The molecule has 0 saturated carbocycles. The second-order valence-electron chi connectivity index (χ2n) is 6.33. The molecule has 8 nitrogen and oxygen atoms in total. The third-order valence-electron chi connectivity index (χ3n) is 4.25. The first-order chi connectivity index (χ1) is 11.1. The number of nitrogens with zero attached hydrogens (tertiary/aromatic N) is 1. The van der Waals surface area contributed by atoms with Crippen LogP contribution in [0.4, 0.5) is 0 Å². The van der Waals surface area contributed by atoms with Gasteiger partial charge in [-0.25, -0.2) is 9.59 Å². The maximum Gasteiger partial charge on any atom is 0.328 e. The maximum absolute atomic E-state index is 11.1. The number of carbonyl (C=O) groups is 3. The third-order valence-corrected chi connectivity index (χ3v) is 4.25. The first kappa shape index (κ1) is 20.1. The number of nitrogens with one attached hydrogen (secondary N) is 1. The van der Waals surface area contributed by atoms with Crippen LogP contribution in [0.15, 0.2) is 12.2 Å². The second kappa shape index (κ2) is 8.79. The van der Waals surface area contributed by atoms with Crippen LogP contribution < -0.4 is 5.32 Å². The zero-order chi connectivity index (χ0) is 18.3. The Hall–Kier alpha value is -1.93. The second-order valence-corrected chi connectivity index (χ2v) is 6.33. The number of carbonyl (C=O) groups excluding carboxylic acids is 1. The van der Waals surface area contributed by atoms with E-state index in [1.165, 1.54) is 0 Å². The number of hydrogen-bond donors (Lipinski definition) is 3. The predicted molar refractivity (Wildman–Crippen MR) is 86.6 cm³/mol. The lowest BCUT2D eigenvalue weighted by Gasteiger charge is -2.37. The molecule has 136 valence electrons. The molecule has 0 aromatic rings. The summed E-state index contributed by atoms with van der Waals surface area (Å²) in [6.45, 7) is 5.83. The van der Waals surface area contributed by atoms with E-state index in [0.29, 0.717) is 12.2 Å². The largest absolute Gasteiger partial charge is 0.478 e. The van der Waals surface area contributed by atoms with Crippen molar-refractivity contribution in [1.82, 2.24) is 10.2 Å². The van der Waals surface area contributed by atoms with E-state index in [-0.39, 0.29) is 23.7 Å².